The Hall–Kier alpha value is -2.82. The SMILES string of the molecule is CN1CCc2nc(C(=O)N[C@@H]3CN(C=O)CC[C@@H]3NC(=O)/C(F)=C/c3ccc(Cl)cc3)sc2C1. The smallest absolute Gasteiger partial charge is 0.280 e. The predicted octanol–water partition coefficient (Wildman–Crippen LogP) is 2.24. The Balaban J connectivity index is 1.44. The van der Waals surface area contributed by atoms with Crippen molar-refractivity contribution in [3.8, 4) is 0 Å². The van der Waals surface area contributed by atoms with Gasteiger partial charge in [-0.25, -0.2) is 9.37 Å². The molecule has 1 fully saturated rings. The summed E-state index contributed by atoms with van der Waals surface area (Å²) in [5, 5.41) is 6.42. The number of thiazole rings is 1. The maximum atomic E-state index is 14.5. The fraction of sp³-hybridized carbons (Fsp3) is 0.391. The van der Waals surface area contributed by atoms with Crippen molar-refractivity contribution in [2.75, 3.05) is 26.7 Å². The summed E-state index contributed by atoms with van der Waals surface area (Å²) < 4.78 is 14.5. The molecule has 3 heterocycles. The highest BCUT2D eigenvalue weighted by Gasteiger charge is 2.33. The van der Waals surface area contributed by atoms with E-state index in [4.69, 9.17) is 11.6 Å². The molecule has 1 saturated heterocycles. The van der Waals surface area contributed by atoms with E-state index in [0.717, 1.165) is 36.2 Å². The summed E-state index contributed by atoms with van der Waals surface area (Å²) >= 11 is 7.19. The Morgan fingerprint density at radius 1 is 1.21 bits per heavy atom. The highest BCUT2D eigenvalue weighted by Crippen LogP contribution is 2.25. The molecule has 2 N–H and O–H groups in total. The number of fused-ring (bicyclic) bond motifs is 1. The Morgan fingerprint density at radius 2 is 1.97 bits per heavy atom. The number of rotatable bonds is 6. The minimum Gasteiger partial charge on any atom is -0.345 e. The molecule has 11 heteroatoms. The molecule has 2 aromatic rings. The van der Waals surface area contributed by atoms with E-state index in [1.807, 2.05) is 7.05 Å². The van der Waals surface area contributed by atoms with Crippen molar-refractivity contribution in [1.82, 2.24) is 25.4 Å². The van der Waals surface area contributed by atoms with Crippen LogP contribution in [0.15, 0.2) is 30.1 Å². The molecule has 0 aliphatic carbocycles. The van der Waals surface area contributed by atoms with Crippen molar-refractivity contribution in [3.63, 3.8) is 0 Å². The van der Waals surface area contributed by atoms with Gasteiger partial charge < -0.3 is 20.4 Å². The summed E-state index contributed by atoms with van der Waals surface area (Å²) in [6, 6.07) is 5.29. The van der Waals surface area contributed by atoms with Crippen LogP contribution in [0, 0.1) is 0 Å². The Morgan fingerprint density at radius 3 is 2.71 bits per heavy atom. The van der Waals surface area contributed by atoms with Crippen LogP contribution in [-0.2, 0) is 22.6 Å². The van der Waals surface area contributed by atoms with Gasteiger partial charge in [-0.2, -0.15) is 0 Å². The summed E-state index contributed by atoms with van der Waals surface area (Å²) in [5.41, 5.74) is 1.43. The molecule has 34 heavy (non-hydrogen) atoms. The molecule has 0 unspecified atom stereocenters. The largest absolute Gasteiger partial charge is 0.345 e. The third-order valence-electron chi connectivity index (χ3n) is 5.92. The lowest BCUT2D eigenvalue weighted by Crippen LogP contribution is -2.60. The van der Waals surface area contributed by atoms with E-state index in [0.29, 0.717) is 35.0 Å². The highest BCUT2D eigenvalue weighted by molar-refractivity contribution is 7.13. The van der Waals surface area contributed by atoms with Crippen LogP contribution in [0.1, 0.15) is 32.4 Å². The number of piperidine rings is 1. The maximum Gasteiger partial charge on any atom is 0.280 e. The molecule has 2 atom stereocenters. The highest BCUT2D eigenvalue weighted by atomic mass is 35.5. The first-order chi connectivity index (χ1) is 16.3. The van der Waals surface area contributed by atoms with Crippen LogP contribution in [0.3, 0.4) is 0 Å². The van der Waals surface area contributed by atoms with Gasteiger partial charge >= 0.3 is 0 Å². The van der Waals surface area contributed by atoms with E-state index in [1.54, 1.807) is 24.3 Å². The number of aromatic nitrogens is 1. The molecule has 0 spiro atoms. The lowest BCUT2D eigenvalue weighted by Gasteiger charge is -2.37. The Bertz CT molecular complexity index is 1110. The third-order valence-corrected chi connectivity index (χ3v) is 7.26. The van der Waals surface area contributed by atoms with E-state index in [-0.39, 0.29) is 12.5 Å². The second kappa shape index (κ2) is 10.6. The molecule has 1 aromatic carbocycles. The van der Waals surface area contributed by atoms with E-state index in [2.05, 4.69) is 20.5 Å². The van der Waals surface area contributed by atoms with Crippen LogP contribution in [0.2, 0.25) is 5.02 Å². The van der Waals surface area contributed by atoms with Gasteiger partial charge in [-0.15, -0.1) is 11.3 Å². The monoisotopic (exact) mass is 505 g/mol. The normalized spacial score (nSPS) is 21.0. The fourth-order valence-electron chi connectivity index (χ4n) is 4.05. The average Bonchev–Trinajstić information content (AvgIpc) is 3.25. The zero-order chi connectivity index (χ0) is 24.2. The number of halogens is 2. The van der Waals surface area contributed by atoms with Gasteiger partial charge in [-0.05, 0) is 37.2 Å². The number of carbonyl (C=O) groups excluding carboxylic acids is 3. The van der Waals surface area contributed by atoms with Crippen molar-refractivity contribution in [3.05, 3.63) is 56.3 Å². The molecule has 3 amide bonds. The standard InChI is InChI=1S/C23H25ClFN5O3S/c1-29-8-6-18-20(12-29)34-23(28-18)22(33)27-19-11-30(13-31)9-7-17(19)26-21(32)16(25)10-14-2-4-15(24)5-3-14/h2-5,10,13,17,19H,6-9,11-12H2,1H3,(H,26,32)(H,27,33)/b16-10-/t17-,19+/m0/s1. The van der Waals surface area contributed by atoms with Gasteiger partial charge in [0.25, 0.3) is 11.8 Å². The molecule has 2 aliphatic heterocycles. The van der Waals surface area contributed by atoms with E-state index >= 15 is 0 Å². The molecule has 8 nitrogen and oxygen atoms in total. The number of likely N-dealkylation sites (N-methyl/N-ethyl adjacent to an activating group) is 1. The summed E-state index contributed by atoms with van der Waals surface area (Å²) in [6.07, 6.45) is 2.99. The topological polar surface area (TPSA) is 94.6 Å². The van der Waals surface area contributed by atoms with Gasteiger partial charge in [0.05, 0.1) is 17.8 Å². The molecular formula is C23H25ClFN5O3S. The second-order valence-corrected chi connectivity index (χ2v) is 9.99. The van der Waals surface area contributed by atoms with E-state index in [9.17, 15) is 18.8 Å². The first-order valence-electron chi connectivity index (χ1n) is 10.9. The van der Waals surface area contributed by atoms with Crippen LogP contribution in [-0.4, -0.2) is 71.8 Å². The zero-order valence-corrected chi connectivity index (χ0v) is 20.2. The summed E-state index contributed by atoms with van der Waals surface area (Å²) in [6.45, 7) is 2.23. The Kier molecular flexibility index (Phi) is 7.60. The van der Waals surface area contributed by atoms with Gasteiger partial charge in [-0.1, -0.05) is 23.7 Å². The quantitative estimate of drug-likeness (QED) is 0.464. The number of amides is 3. The second-order valence-electron chi connectivity index (χ2n) is 8.47. The van der Waals surface area contributed by atoms with Gasteiger partial charge in [0.1, 0.15) is 0 Å². The summed E-state index contributed by atoms with van der Waals surface area (Å²) in [4.78, 5) is 46.0. The van der Waals surface area contributed by atoms with Crippen molar-refractivity contribution in [2.24, 2.45) is 0 Å². The first-order valence-corrected chi connectivity index (χ1v) is 12.1. The summed E-state index contributed by atoms with van der Waals surface area (Å²) in [7, 11) is 2.02. The van der Waals surface area contributed by atoms with Crippen LogP contribution >= 0.6 is 22.9 Å². The van der Waals surface area contributed by atoms with Crippen LogP contribution in [0.4, 0.5) is 4.39 Å². The predicted molar refractivity (Wildman–Crippen MR) is 128 cm³/mol. The third kappa shape index (κ3) is 5.81. The lowest BCUT2D eigenvalue weighted by molar-refractivity contribution is -0.121. The first kappa shape index (κ1) is 24.3. The molecular weight excluding hydrogens is 481 g/mol. The molecule has 1 aromatic heterocycles. The maximum absolute atomic E-state index is 14.5. The van der Waals surface area contributed by atoms with E-state index < -0.39 is 23.8 Å². The van der Waals surface area contributed by atoms with Crippen LogP contribution < -0.4 is 10.6 Å². The molecule has 0 saturated carbocycles. The van der Waals surface area contributed by atoms with Crippen molar-refractivity contribution < 1.29 is 18.8 Å². The summed E-state index contributed by atoms with van der Waals surface area (Å²) in [5.74, 6) is -2.20. The van der Waals surface area contributed by atoms with Crippen molar-refractivity contribution >= 4 is 47.2 Å². The van der Waals surface area contributed by atoms with Crippen molar-refractivity contribution in [2.45, 2.75) is 31.5 Å². The van der Waals surface area contributed by atoms with Gasteiger partial charge in [0, 0.05) is 42.5 Å². The van der Waals surface area contributed by atoms with Gasteiger partial charge in [0.15, 0.2) is 10.8 Å². The Labute approximate surface area is 205 Å². The number of nitrogens with zero attached hydrogens (tertiary/aromatic N) is 3. The number of hydrogen-bond acceptors (Lipinski definition) is 6. The average molecular weight is 506 g/mol. The molecule has 4 rings (SSSR count). The number of carbonyl (C=O) groups is 3. The van der Waals surface area contributed by atoms with Gasteiger partial charge in [0.2, 0.25) is 6.41 Å². The number of hydrogen-bond donors (Lipinski definition) is 2. The lowest BCUT2D eigenvalue weighted by atomic mass is 9.99. The number of nitrogens with one attached hydrogen (secondary N) is 2. The number of likely N-dealkylation sites (tertiary alicyclic amines) is 1. The number of benzene rings is 1. The van der Waals surface area contributed by atoms with Gasteiger partial charge in [-0.3, -0.25) is 14.4 Å². The minimum atomic E-state index is -0.957. The zero-order valence-electron chi connectivity index (χ0n) is 18.6. The molecule has 180 valence electrons. The van der Waals surface area contributed by atoms with Crippen LogP contribution in [0.5, 0.6) is 0 Å². The minimum absolute atomic E-state index is 0.205. The fourth-order valence-corrected chi connectivity index (χ4v) is 5.27. The molecule has 0 bridgehead atoms. The van der Waals surface area contributed by atoms with Crippen molar-refractivity contribution in [1.29, 1.82) is 0 Å². The molecule has 2 aliphatic rings. The van der Waals surface area contributed by atoms with E-state index in [1.165, 1.54) is 16.2 Å². The molecule has 0 radical (unpaired) electrons. The van der Waals surface area contributed by atoms with Crippen LogP contribution in [0.25, 0.3) is 6.08 Å².